The highest BCUT2D eigenvalue weighted by molar-refractivity contribution is 5.37. The molecule has 0 bridgehead atoms. The van der Waals surface area contributed by atoms with Gasteiger partial charge in [-0.25, -0.2) is 0 Å². The Bertz CT molecular complexity index is 387. The molecular formula is C13H18N2O. The molecule has 0 aliphatic heterocycles. The molecule has 0 spiro atoms. The summed E-state index contributed by atoms with van der Waals surface area (Å²) in [6.45, 7) is 0. The first-order valence-corrected chi connectivity index (χ1v) is 6.02. The van der Waals surface area contributed by atoms with Crippen LogP contribution in [0.25, 0.3) is 0 Å². The van der Waals surface area contributed by atoms with Crippen LogP contribution in [0.15, 0.2) is 24.3 Å². The molecule has 1 saturated carbocycles. The Morgan fingerprint density at radius 2 is 1.81 bits per heavy atom. The average molecular weight is 218 g/mol. The lowest BCUT2D eigenvalue weighted by Gasteiger charge is -2.34. The third-order valence-corrected chi connectivity index (χ3v) is 3.81. The minimum Gasteiger partial charge on any atom is -0.393 e. The monoisotopic (exact) mass is 218 g/mol. The smallest absolute Gasteiger partial charge is 0.0570 e. The minimum atomic E-state index is -0.0946. The van der Waals surface area contributed by atoms with E-state index in [9.17, 15) is 5.11 Å². The van der Waals surface area contributed by atoms with Gasteiger partial charge in [-0.3, -0.25) is 0 Å². The van der Waals surface area contributed by atoms with Crippen LogP contribution in [-0.2, 0) is 0 Å². The zero-order valence-corrected chi connectivity index (χ0v) is 9.26. The number of fused-ring (bicyclic) bond motifs is 1. The standard InChI is InChI=1S/C13H18N2O/c14-12-7-13(15-8-5-9(16)6-8)11-4-2-1-3-10(11)12/h1-4,8-9,12-13,15-16H,5-7,14H2. The molecule has 0 heterocycles. The summed E-state index contributed by atoms with van der Waals surface area (Å²) >= 11 is 0. The summed E-state index contributed by atoms with van der Waals surface area (Å²) in [5, 5.41) is 12.9. The lowest BCUT2D eigenvalue weighted by molar-refractivity contribution is 0.0574. The van der Waals surface area contributed by atoms with Gasteiger partial charge in [-0.1, -0.05) is 24.3 Å². The quantitative estimate of drug-likeness (QED) is 0.700. The van der Waals surface area contributed by atoms with Crippen LogP contribution in [0, 0.1) is 0 Å². The van der Waals surface area contributed by atoms with Crippen molar-refractivity contribution in [1.82, 2.24) is 5.32 Å². The van der Waals surface area contributed by atoms with Crippen molar-refractivity contribution >= 4 is 0 Å². The Morgan fingerprint density at radius 1 is 1.12 bits per heavy atom. The molecule has 2 unspecified atom stereocenters. The molecule has 0 saturated heterocycles. The van der Waals surface area contributed by atoms with Crippen molar-refractivity contribution < 1.29 is 5.11 Å². The van der Waals surface area contributed by atoms with Crippen LogP contribution in [0.1, 0.15) is 42.5 Å². The molecule has 0 radical (unpaired) electrons. The first-order chi connectivity index (χ1) is 7.74. The van der Waals surface area contributed by atoms with Gasteiger partial charge in [-0.2, -0.15) is 0 Å². The third-order valence-electron chi connectivity index (χ3n) is 3.81. The van der Waals surface area contributed by atoms with Gasteiger partial charge >= 0.3 is 0 Å². The van der Waals surface area contributed by atoms with Crippen molar-refractivity contribution in [1.29, 1.82) is 0 Å². The molecule has 2 aliphatic carbocycles. The van der Waals surface area contributed by atoms with E-state index >= 15 is 0 Å². The molecule has 1 aromatic carbocycles. The zero-order chi connectivity index (χ0) is 11.1. The van der Waals surface area contributed by atoms with Gasteiger partial charge in [-0.05, 0) is 30.4 Å². The maximum absolute atomic E-state index is 9.27. The molecule has 2 aliphatic rings. The fourth-order valence-corrected chi connectivity index (χ4v) is 2.84. The zero-order valence-electron chi connectivity index (χ0n) is 9.26. The van der Waals surface area contributed by atoms with Crippen molar-refractivity contribution in [2.45, 2.75) is 43.5 Å². The molecule has 1 aromatic rings. The Labute approximate surface area is 95.7 Å². The van der Waals surface area contributed by atoms with Crippen LogP contribution in [0.2, 0.25) is 0 Å². The lowest BCUT2D eigenvalue weighted by atomic mass is 9.88. The molecule has 3 nitrogen and oxygen atoms in total. The Balaban J connectivity index is 1.74. The van der Waals surface area contributed by atoms with E-state index in [1.54, 1.807) is 0 Å². The van der Waals surface area contributed by atoms with Crippen LogP contribution >= 0.6 is 0 Å². The maximum atomic E-state index is 9.27. The largest absolute Gasteiger partial charge is 0.393 e. The summed E-state index contributed by atoms with van der Waals surface area (Å²) in [6, 6.07) is 9.42. The number of nitrogens with one attached hydrogen (secondary N) is 1. The average Bonchev–Trinajstić information content (AvgIpc) is 2.55. The topological polar surface area (TPSA) is 58.3 Å². The number of rotatable bonds is 2. The molecule has 0 amide bonds. The van der Waals surface area contributed by atoms with Crippen LogP contribution < -0.4 is 11.1 Å². The fourth-order valence-electron chi connectivity index (χ4n) is 2.84. The van der Waals surface area contributed by atoms with Gasteiger partial charge in [-0.15, -0.1) is 0 Å². The molecule has 16 heavy (non-hydrogen) atoms. The summed E-state index contributed by atoms with van der Waals surface area (Å²) in [5.41, 5.74) is 8.73. The second-order valence-corrected chi connectivity index (χ2v) is 5.01. The van der Waals surface area contributed by atoms with Gasteiger partial charge in [0.1, 0.15) is 0 Å². The molecule has 4 N–H and O–H groups in total. The van der Waals surface area contributed by atoms with Crippen molar-refractivity contribution in [3.63, 3.8) is 0 Å². The normalized spacial score (nSPS) is 36.9. The Hall–Kier alpha value is -0.900. The van der Waals surface area contributed by atoms with Crippen molar-refractivity contribution in [3.05, 3.63) is 35.4 Å². The minimum absolute atomic E-state index is 0.0946. The Kier molecular flexibility index (Phi) is 2.46. The van der Waals surface area contributed by atoms with Crippen LogP contribution in [0.4, 0.5) is 0 Å². The highest BCUT2D eigenvalue weighted by Gasteiger charge is 2.33. The summed E-state index contributed by atoms with van der Waals surface area (Å²) < 4.78 is 0. The second kappa shape index (κ2) is 3.84. The van der Waals surface area contributed by atoms with Gasteiger partial charge in [0, 0.05) is 18.1 Å². The Morgan fingerprint density at radius 3 is 2.50 bits per heavy atom. The highest BCUT2D eigenvalue weighted by atomic mass is 16.3. The van der Waals surface area contributed by atoms with E-state index in [1.807, 2.05) is 6.07 Å². The van der Waals surface area contributed by atoms with Gasteiger partial charge in [0.15, 0.2) is 0 Å². The number of nitrogens with two attached hydrogens (primary N) is 1. The van der Waals surface area contributed by atoms with E-state index in [0.717, 1.165) is 19.3 Å². The number of aliphatic hydroxyl groups is 1. The molecule has 0 aromatic heterocycles. The molecular weight excluding hydrogens is 200 g/mol. The molecule has 3 heteroatoms. The first kappa shape index (κ1) is 10.3. The van der Waals surface area contributed by atoms with Gasteiger partial charge in [0.2, 0.25) is 0 Å². The van der Waals surface area contributed by atoms with Gasteiger partial charge in [0.25, 0.3) is 0 Å². The SMILES string of the molecule is NC1CC(NC2CC(O)C2)c2ccccc21. The third kappa shape index (κ3) is 1.65. The van der Waals surface area contributed by atoms with Crippen LogP contribution in [0.3, 0.4) is 0 Å². The fraction of sp³-hybridized carbons (Fsp3) is 0.538. The highest BCUT2D eigenvalue weighted by Crippen LogP contribution is 2.38. The maximum Gasteiger partial charge on any atom is 0.0570 e. The lowest BCUT2D eigenvalue weighted by Crippen LogP contribution is -2.45. The van der Waals surface area contributed by atoms with Crippen LogP contribution in [-0.4, -0.2) is 17.3 Å². The van der Waals surface area contributed by atoms with E-state index in [2.05, 4.69) is 23.5 Å². The van der Waals surface area contributed by atoms with E-state index in [0.29, 0.717) is 12.1 Å². The molecule has 2 atom stereocenters. The second-order valence-electron chi connectivity index (χ2n) is 5.01. The summed E-state index contributed by atoms with van der Waals surface area (Å²) in [7, 11) is 0. The molecule has 86 valence electrons. The molecule has 3 rings (SSSR count). The summed E-state index contributed by atoms with van der Waals surface area (Å²) in [6.07, 6.45) is 2.65. The van der Waals surface area contributed by atoms with Crippen molar-refractivity contribution in [2.75, 3.05) is 0 Å². The predicted molar refractivity (Wildman–Crippen MR) is 62.9 cm³/mol. The number of aliphatic hydroxyl groups excluding tert-OH is 1. The predicted octanol–water partition coefficient (Wildman–Crippen LogP) is 1.24. The van der Waals surface area contributed by atoms with Crippen LogP contribution in [0.5, 0.6) is 0 Å². The number of benzene rings is 1. The van der Waals surface area contributed by atoms with Gasteiger partial charge < -0.3 is 16.2 Å². The van der Waals surface area contributed by atoms with E-state index in [4.69, 9.17) is 5.73 Å². The first-order valence-electron chi connectivity index (χ1n) is 6.02. The number of hydrogen-bond donors (Lipinski definition) is 3. The van der Waals surface area contributed by atoms with Gasteiger partial charge in [0.05, 0.1) is 6.10 Å². The summed E-state index contributed by atoms with van der Waals surface area (Å²) in [5.74, 6) is 0. The van der Waals surface area contributed by atoms with Crippen molar-refractivity contribution in [2.24, 2.45) is 5.73 Å². The van der Waals surface area contributed by atoms with E-state index in [1.165, 1.54) is 11.1 Å². The van der Waals surface area contributed by atoms with Crippen molar-refractivity contribution in [3.8, 4) is 0 Å². The van der Waals surface area contributed by atoms with E-state index < -0.39 is 0 Å². The summed E-state index contributed by atoms with van der Waals surface area (Å²) in [4.78, 5) is 0. The molecule has 1 fully saturated rings. The van der Waals surface area contributed by atoms with E-state index in [-0.39, 0.29) is 12.1 Å². The number of hydrogen-bond acceptors (Lipinski definition) is 3.